The first kappa shape index (κ1) is 14.9. The summed E-state index contributed by atoms with van der Waals surface area (Å²) in [4.78, 5) is 22.1. The first-order valence-corrected chi connectivity index (χ1v) is 7.94. The number of hydrogen-bond acceptors (Lipinski definition) is 5. The molecule has 0 radical (unpaired) electrons. The van der Waals surface area contributed by atoms with Gasteiger partial charge in [0.1, 0.15) is 0 Å². The molecule has 0 bridgehead atoms. The summed E-state index contributed by atoms with van der Waals surface area (Å²) < 4.78 is 5.25. The zero-order valence-electron chi connectivity index (χ0n) is 13.3. The van der Waals surface area contributed by atoms with Crippen LogP contribution in [-0.4, -0.2) is 50.7 Å². The minimum atomic E-state index is -0.134. The van der Waals surface area contributed by atoms with Gasteiger partial charge in [-0.2, -0.15) is 4.98 Å². The lowest BCUT2D eigenvalue weighted by molar-refractivity contribution is 0.0783. The van der Waals surface area contributed by atoms with Crippen molar-refractivity contribution in [2.75, 3.05) is 19.7 Å². The molecule has 3 heterocycles. The molecule has 2 aromatic heterocycles. The summed E-state index contributed by atoms with van der Waals surface area (Å²) in [5, 5.41) is 14.4. The van der Waals surface area contributed by atoms with Crippen LogP contribution < -0.4 is 0 Å². The third-order valence-electron chi connectivity index (χ3n) is 4.64. The largest absolute Gasteiger partial charge is 0.396 e. The Bertz CT molecular complexity index is 885. The third-order valence-corrected chi connectivity index (χ3v) is 4.64. The smallest absolute Gasteiger partial charge is 0.256 e. The summed E-state index contributed by atoms with van der Waals surface area (Å²) in [6, 6.07) is 7.71. The summed E-state index contributed by atoms with van der Waals surface area (Å²) in [5.74, 6) is 0.762. The summed E-state index contributed by atoms with van der Waals surface area (Å²) >= 11 is 0. The van der Waals surface area contributed by atoms with Gasteiger partial charge < -0.3 is 19.5 Å². The molecule has 4 rings (SSSR count). The van der Waals surface area contributed by atoms with Gasteiger partial charge in [-0.25, -0.2) is 0 Å². The average Bonchev–Trinajstić information content (AvgIpc) is 3.31. The highest BCUT2D eigenvalue weighted by atomic mass is 16.5. The number of nitrogens with zero attached hydrogens (tertiary/aromatic N) is 3. The van der Waals surface area contributed by atoms with Gasteiger partial charge >= 0.3 is 0 Å². The number of aromatic amines is 1. The Hall–Kier alpha value is -2.67. The van der Waals surface area contributed by atoms with E-state index in [1.165, 1.54) is 0 Å². The molecule has 0 saturated carbocycles. The monoisotopic (exact) mass is 326 g/mol. The van der Waals surface area contributed by atoms with E-state index in [2.05, 4.69) is 15.1 Å². The molecule has 0 unspecified atom stereocenters. The highest BCUT2D eigenvalue weighted by molar-refractivity contribution is 6.06. The van der Waals surface area contributed by atoms with E-state index >= 15 is 0 Å². The summed E-state index contributed by atoms with van der Waals surface area (Å²) in [6.07, 6.45) is 1.74. The van der Waals surface area contributed by atoms with Crippen molar-refractivity contribution < 1.29 is 14.4 Å². The number of aliphatic hydroxyl groups excluding tert-OH is 1. The lowest BCUT2D eigenvalue weighted by atomic mass is 9.97. The van der Waals surface area contributed by atoms with Gasteiger partial charge in [0.15, 0.2) is 5.82 Å². The van der Waals surface area contributed by atoms with E-state index < -0.39 is 0 Å². The molecule has 2 atom stereocenters. The van der Waals surface area contributed by atoms with Crippen LogP contribution in [0.25, 0.3) is 10.9 Å². The SMILES string of the molecule is Cc1noc([C@@H]2CN(C(=O)c3c[nH]c4ccccc34)C[C@H]2CO)n1. The van der Waals surface area contributed by atoms with E-state index in [0.29, 0.717) is 30.4 Å². The van der Waals surface area contributed by atoms with Gasteiger partial charge in [-0.1, -0.05) is 23.4 Å². The van der Waals surface area contributed by atoms with Gasteiger partial charge in [0.05, 0.1) is 11.5 Å². The zero-order chi connectivity index (χ0) is 16.7. The van der Waals surface area contributed by atoms with Gasteiger partial charge in [-0.15, -0.1) is 0 Å². The number of amides is 1. The summed E-state index contributed by atoms with van der Waals surface area (Å²) in [6.45, 7) is 2.67. The number of fused-ring (bicyclic) bond motifs is 1. The number of aliphatic hydroxyl groups is 1. The average molecular weight is 326 g/mol. The van der Waals surface area contributed by atoms with Gasteiger partial charge in [0.25, 0.3) is 5.91 Å². The predicted octanol–water partition coefficient (Wildman–Crippen LogP) is 1.71. The molecule has 24 heavy (non-hydrogen) atoms. The fraction of sp³-hybridized carbons (Fsp3) is 0.353. The minimum Gasteiger partial charge on any atom is -0.396 e. The van der Waals surface area contributed by atoms with Crippen LogP contribution in [0.4, 0.5) is 0 Å². The van der Waals surface area contributed by atoms with Crippen molar-refractivity contribution in [1.82, 2.24) is 20.0 Å². The van der Waals surface area contributed by atoms with Gasteiger partial charge in [0.2, 0.25) is 5.89 Å². The molecule has 1 aliphatic rings. The topological polar surface area (TPSA) is 95.2 Å². The number of likely N-dealkylation sites (tertiary alicyclic amines) is 1. The summed E-state index contributed by atoms with van der Waals surface area (Å²) in [7, 11) is 0. The number of aryl methyl sites for hydroxylation is 1. The van der Waals surface area contributed by atoms with Gasteiger partial charge in [-0.3, -0.25) is 4.79 Å². The molecule has 124 valence electrons. The molecule has 0 spiro atoms. The number of rotatable bonds is 3. The maximum atomic E-state index is 12.9. The number of H-pyrrole nitrogens is 1. The Morgan fingerprint density at radius 1 is 1.42 bits per heavy atom. The minimum absolute atomic E-state index is 0.0240. The van der Waals surface area contributed by atoms with Crippen molar-refractivity contribution in [3.8, 4) is 0 Å². The second-order valence-electron chi connectivity index (χ2n) is 6.19. The van der Waals surface area contributed by atoms with Gasteiger partial charge in [0, 0.05) is 42.7 Å². The number of benzene rings is 1. The van der Waals surface area contributed by atoms with Crippen LogP contribution in [0.2, 0.25) is 0 Å². The number of carbonyl (C=O) groups excluding carboxylic acids is 1. The molecular weight excluding hydrogens is 308 g/mol. The maximum absolute atomic E-state index is 12.9. The van der Waals surface area contributed by atoms with Crippen LogP contribution >= 0.6 is 0 Å². The number of para-hydroxylation sites is 1. The normalized spacial score (nSPS) is 20.8. The van der Waals surface area contributed by atoms with Crippen molar-refractivity contribution in [3.63, 3.8) is 0 Å². The first-order chi connectivity index (χ1) is 11.7. The Morgan fingerprint density at radius 3 is 3.00 bits per heavy atom. The van der Waals surface area contributed by atoms with Crippen molar-refractivity contribution in [2.45, 2.75) is 12.8 Å². The summed E-state index contributed by atoms with van der Waals surface area (Å²) in [5.41, 5.74) is 1.58. The van der Waals surface area contributed by atoms with Crippen molar-refractivity contribution in [2.24, 2.45) is 5.92 Å². The molecule has 0 aliphatic carbocycles. The second kappa shape index (κ2) is 5.76. The van der Waals surface area contributed by atoms with Crippen LogP contribution in [-0.2, 0) is 0 Å². The van der Waals surface area contributed by atoms with Crippen LogP contribution in [0.15, 0.2) is 35.0 Å². The van der Waals surface area contributed by atoms with E-state index in [0.717, 1.165) is 10.9 Å². The fourth-order valence-corrected chi connectivity index (χ4v) is 3.38. The maximum Gasteiger partial charge on any atom is 0.256 e. The van der Waals surface area contributed by atoms with Crippen LogP contribution in [0.5, 0.6) is 0 Å². The molecule has 1 aromatic carbocycles. The van der Waals surface area contributed by atoms with Gasteiger partial charge in [-0.05, 0) is 13.0 Å². The fourth-order valence-electron chi connectivity index (χ4n) is 3.38. The lowest BCUT2D eigenvalue weighted by Gasteiger charge is -2.15. The third kappa shape index (κ3) is 2.37. The van der Waals surface area contributed by atoms with E-state index in [4.69, 9.17) is 4.52 Å². The molecular formula is C17H18N4O3. The molecule has 2 N–H and O–H groups in total. The van der Waals surface area contributed by atoms with Crippen molar-refractivity contribution >= 4 is 16.8 Å². The lowest BCUT2D eigenvalue weighted by Crippen LogP contribution is -2.29. The Morgan fingerprint density at radius 2 is 2.25 bits per heavy atom. The Labute approximate surface area is 138 Å². The highest BCUT2D eigenvalue weighted by Gasteiger charge is 2.39. The number of hydrogen-bond donors (Lipinski definition) is 2. The molecule has 3 aromatic rings. The molecule has 1 fully saturated rings. The van der Waals surface area contributed by atoms with Crippen molar-refractivity contribution in [1.29, 1.82) is 0 Å². The Kier molecular flexibility index (Phi) is 3.57. The van der Waals surface area contributed by atoms with Crippen LogP contribution in [0.3, 0.4) is 0 Å². The second-order valence-corrected chi connectivity index (χ2v) is 6.19. The molecule has 1 saturated heterocycles. The van der Waals surface area contributed by atoms with E-state index in [9.17, 15) is 9.90 Å². The van der Waals surface area contributed by atoms with Crippen LogP contribution in [0, 0.1) is 12.8 Å². The highest BCUT2D eigenvalue weighted by Crippen LogP contribution is 2.33. The quantitative estimate of drug-likeness (QED) is 0.764. The first-order valence-electron chi connectivity index (χ1n) is 7.94. The van der Waals surface area contributed by atoms with E-state index in [1.54, 1.807) is 18.0 Å². The predicted molar refractivity (Wildman–Crippen MR) is 86.6 cm³/mol. The van der Waals surface area contributed by atoms with E-state index in [-0.39, 0.29) is 24.3 Å². The number of aromatic nitrogens is 3. The standard InChI is InChI=1S/C17H18N4O3/c1-10-19-16(24-20-10)14-8-21(7-11(14)9-22)17(23)13-6-18-15-5-3-2-4-12(13)15/h2-6,11,14,18,22H,7-9H2,1H3/t11-,14+/m0/s1. The zero-order valence-corrected chi connectivity index (χ0v) is 13.3. The molecule has 7 heteroatoms. The Balaban J connectivity index is 1.61. The van der Waals surface area contributed by atoms with E-state index in [1.807, 2.05) is 24.3 Å². The molecule has 1 aliphatic heterocycles. The molecule has 1 amide bonds. The molecule has 7 nitrogen and oxygen atoms in total. The number of carbonyl (C=O) groups is 1. The van der Waals surface area contributed by atoms with Crippen molar-refractivity contribution in [3.05, 3.63) is 47.7 Å². The number of nitrogens with one attached hydrogen (secondary N) is 1. The van der Waals surface area contributed by atoms with Crippen LogP contribution in [0.1, 0.15) is 28.0 Å².